The summed E-state index contributed by atoms with van der Waals surface area (Å²) >= 11 is 0. The van der Waals surface area contributed by atoms with Crippen LogP contribution in [-0.4, -0.2) is 20.3 Å². The first kappa shape index (κ1) is 14.7. The van der Waals surface area contributed by atoms with E-state index in [0.29, 0.717) is 6.42 Å². The Morgan fingerprint density at radius 1 is 1.39 bits per heavy atom. The van der Waals surface area contributed by atoms with Crippen LogP contribution in [0.15, 0.2) is 29.2 Å². The van der Waals surface area contributed by atoms with E-state index < -0.39 is 10.0 Å². The number of aryl methyl sites for hydroxylation is 1. The molecular formula is C12H19N3O2S. The Morgan fingerprint density at radius 3 is 2.39 bits per heavy atom. The molecule has 0 aromatic heterocycles. The lowest BCUT2D eigenvalue weighted by molar-refractivity contribution is 0.545. The van der Waals surface area contributed by atoms with Crippen LogP contribution >= 0.6 is 0 Å². The summed E-state index contributed by atoms with van der Waals surface area (Å²) in [5.41, 5.74) is 6.30. The largest absolute Gasteiger partial charge is 0.388 e. The number of nitrogens with one attached hydrogen (secondary N) is 2. The highest BCUT2D eigenvalue weighted by molar-refractivity contribution is 7.89. The highest BCUT2D eigenvalue weighted by atomic mass is 32.2. The molecule has 0 spiro atoms. The van der Waals surface area contributed by atoms with Gasteiger partial charge in [-0.3, -0.25) is 5.41 Å². The van der Waals surface area contributed by atoms with Gasteiger partial charge in [-0.05, 0) is 25.5 Å². The Hall–Kier alpha value is -1.40. The summed E-state index contributed by atoms with van der Waals surface area (Å²) in [6.45, 7) is 3.75. The molecule has 1 rings (SSSR count). The molecule has 1 atom stereocenters. The lowest BCUT2D eigenvalue weighted by atomic mass is 10.1. The molecule has 0 heterocycles. The lowest BCUT2D eigenvalue weighted by Crippen LogP contribution is -2.37. The second-order valence-corrected chi connectivity index (χ2v) is 5.98. The van der Waals surface area contributed by atoms with E-state index in [1.807, 2.05) is 13.8 Å². The second-order valence-electron chi connectivity index (χ2n) is 4.27. The average molecular weight is 269 g/mol. The predicted molar refractivity (Wildman–Crippen MR) is 72.1 cm³/mol. The molecule has 0 saturated heterocycles. The Kier molecular flexibility index (Phi) is 4.86. The van der Waals surface area contributed by atoms with Crippen molar-refractivity contribution in [1.82, 2.24) is 4.72 Å². The minimum atomic E-state index is -3.54. The van der Waals surface area contributed by atoms with Crippen LogP contribution in [-0.2, 0) is 10.0 Å². The summed E-state index contributed by atoms with van der Waals surface area (Å²) < 4.78 is 26.7. The maximum atomic E-state index is 12.1. The van der Waals surface area contributed by atoms with Gasteiger partial charge in [-0.15, -0.1) is 0 Å². The minimum Gasteiger partial charge on any atom is -0.388 e. The fraction of sp³-hybridized carbons (Fsp3) is 0.417. The molecule has 0 aliphatic heterocycles. The van der Waals surface area contributed by atoms with Crippen molar-refractivity contribution in [3.63, 3.8) is 0 Å². The molecule has 0 fully saturated rings. The number of hydrogen-bond donors (Lipinski definition) is 3. The van der Waals surface area contributed by atoms with Crippen LogP contribution < -0.4 is 10.5 Å². The fourth-order valence-corrected chi connectivity index (χ4v) is 2.86. The average Bonchev–Trinajstić information content (AvgIpc) is 2.27. The van der Waals surface area contributed by atoms with E-state index in [2.05, 4.69) is 4.72 Å². The Labute approximate surface area is 108 Å². The SMILES string of the molecule is CCC(CC(=N)N)NS(=O)(=O)c1ccc(C)cc1. The first-order valence-electron chi connectivity index (χ1n) is 5.77. The van der Waals surface area contributed by atoms with Gasteiger partial charge in [0.05, 0.1) is 10.7 Å². The quantitative estimate of drug-likeness (QED) is 0.537. The molecule has 100 valence electrons. The molecule has 4 N–H and O–H groups in total. The van der Waals surface area contributed by atoms with Crippen molar-refractivity contribution >= 4 is 15.9 Å². The van der Waals surface area contributed by atoms with E-state index in [-0.39, 0.29) is 23.2 Å². The van der Waals surface area contributed by atoms with E-state index in [1.54, 1.807) is 24.3 Å². The standard InChI is InChI=1S/C12H19N3O2S/c1-3-10(8-12(13)14)15-18(16,17)11-6-4-9(2)5-7-11/h4-7,10,15H,3,8H2,1-2H3,(H3,13,14). The molecule has 0 saturated carbocycles. The molecule has 0 bridgehead atoms. The zero-order valence-electron chi connectivity index (χ0n) is 10.6. The van der Waals surface area contributed by atoms with Crippen LogP contribution in [0, 0.1) is 12.3 Å². The maximum Gasteiger partial charge on any atom is 0.240 e. The number of hydrogen-bond acceptors (Lipinski definition) is 3. The lowest BCUT2D eigenvalue weighted by Gasteiger charge is -2.16. The second kappa shape index (κ2) is 5.97. The molecule has 18 heavy (non-hydrogen) atoms. The van der Waals surface area contributed by atoms with Gasteiger partial charge in [0.2, 0.25) is 10.0 Å². The molecule has 5 nitrogen and oxygen atoms in total. The summed E-state index contributed by atoms with van der Waals surface area (Å²) in [7, 11) is -3.54. The molecule has 0 amide bonds. The molecular weight excluding hydrogens is 250 g/mol. The van der Waals surface area contributed by atoms with Gasteiger partial charge in [0.15, 0.2) is 0 Å². The maximum absolute atomic E-state index is 12.1. The minimum absolute atomic E-state index is 0.0199. The molecule has 0 aliphatic carbocycles. The van der Waals surface area contributed by atoms with Gasteiger partial charge in [0.25, 0.3) is 0 Å². The van der Waals surface area contributed by atoms with Crippen LogP contribution in [0.1, 0.15) is 25.3 Å². The van der Waals surface area contributed by atoms with E-state index >= 15 is 0 Å². The molecule has 1 unspecified atom stereocenters. The number of amidine groups is 1. The smallest absolute Gasteiger partial charge is 0.240 e. The Balaban J connectivity index is 2.86. The van der Waals surface area contributed by atoms with E-state index in [0.717, 1.165) is 5.56 Å². The predicted octanol–water partition coefficient (Wildman–Crippen LogP) is 1.38. The monoisotopic (exact) mass is 269 g/mol. The van der Waals surface area contributed by atoms with Crippen LogP contribution in [0.25, 0.3) is 0 Å². The zero-order chi connectivity index (χ0) is 13.8. The van der Waals surface area contributed by atoms with Crippen LogP contribution in [0.5, 0.6) is 0 Å². The summed E-state index contributed by atoms with van der Waals surface area (Å²) in [4.78, 5) is 0.232. The Bertz CT molecular complexity index is 509. The van der Waals surface area contributed by atoms with Crippen LogP contribution in [0.3, 0.4) is 0 Å². The summed E-state index contributed by atoms with van der Waals surface area (Å²) in [5.74, 6) is -0.0199. The zero-order valence-corrected chi connectivity index (χ0v) is 11.4. The number of sulfonamides is 1. The van der Waals surface area contributed by atoms with E-state index in [1.165, 1.54) is 0 Å². The summed E-state index contributed by atoms with van der Waals surface area (Å²) in [6, 6.07) is 6.30. The first-order chi connectivity index (χ1) is 8.35. The summed E-state index contributed by atoms with van der Waals surface area (Å²) in [5, 5.41) is 7.21. The van der Waals surface area contributed by atoms with Gasteiger partial charge < -0.3 is 5.73 Å². The third kappa shape index (κ3) is 4.12. The number of rotatable bonds is 6. The molecule has 0 aliphatic rings. The van der Waals surface area contributed by atoms with Gasteiger partial charge >= 0.3 is 0 Å². The van der Waals surface area contributed by atoms with Crippen LogP contribution in [0.4, 0.5) is 0 Å². The topological polar surface area (TPSA) is 96.0 Å². The highest BCUT2D eigenvalue weighted by Crippen LogP contribution is 2.12. The molecule has 6 heteroatoms. The van der Waals surface area contributed by atoms with Gasteiger partial charge in [-0.2, -0.15) is 0 Å². The number of nitrogens with two attached hydrogens (primary N) is 1. The molecule has 0 radical (unpaired) electrons. The molecule has 1 aromatic carbocycles. The molecule has 1 aromatic rings. The first-order valence-corrected chi connectivity index (χ1v) is 7.25. The van der Waals surface area contributed by atoms with Gasteiger partial charge in [-0.25, -0.2) is 13.1 Å². The Morgan fingerprint density at radius 2 is 1.94 bits per heavy atom. The van der Waals surface area contributed by atoms with Gasteiger partial charge in [-0.1, -0.05) is 24.6 Å². The van der Waals surface area contributed by atoms with Crippen molar-refractivity contribution in [3.05, 3.63) is 29.8 Å². The third-order valence-corrected chi connectivity index (χ3v) is 4.15. The van der Waals surface area contributed by atoms with Crippen molar-refractivity contribution in [1.29, 1.82) is 5.41 Å². The van der Waals surface area contributed by atoms with Crippen LogP contribution in [0.2, 0.25) is 0 Å². The third-order valence-electron chi connectivity index (χ3n) is 2.61. The van der Waals surface area contributed by atoms with Crippen molar-refractivity contribution in [3.8, 4) is 0 Å². The van der Waals surface area contributed by atoms with Crippen molar-refractivity contribution in [2.24, 2.45) is 5.73 Å². The van der Waals surface area contributed by atoms with Gasteiger partial charge in [0.1, 0.15) is 0 Å². The summed E-state index contributed by atoms with van der Waals surface area (Å²) in [6.07, 6.45) is 0.812. The van der Waals surface area contributed by atoms with Crippen molar-refractivity contribution < 1.29 is 8.42 Å². The van der Waals surface area contributed by atoms with E-state index in [4.69, 9.17) is 11.1 Å². The fourth-order valence-electron chi connectivity index (χ4n) is 1.54. The van der Waals surface area contributed by atoms with Crippen molar-refractivity contribution in [2.75, 3.05) is 0 Å². The van der Waals surface area contributed by atoms with E-state index in [9.17, 15) is 8.42 Å². The highest BCUT2D eigenvalue weighted by Gasteiger charge is 2.19. The van der Waals surface area contributed by atoms with Crippen molar-refractivity contribution in [2.45, 2.75) is 37.6 Å². The number of benzene rings is 1. The van der Waals surface area contributed by atoms with Gasteiger partial charge in [0, 0.05) is 12.5 Å². The normalized spacial score (nSPS) is 13.2.